The Kier molecular flexibility index (Phi) is 9.64. The first-order chi connectivity index (χ1) is 16.2. The van der Waals surface area contributed by atoms with Crippen LogP contribution in [0.2, 0.25) is 0 Å². The molecule has 0 N–H and O–H groups in total. The molecule has 0 saturated heterocycles. The zero-order valence-corrected chi connectivity index (χ0v) is 21.1. The van der Waals surface area contributed by atoms with E-state index < -0.39 is 20.2 Å². The number of aryl methyl sites for hydroxylation is 2. The quantitative estimate of drug-likeness (QED) is 0.313. The Balaban J connectivity index is 1.41. The van der Waals surface area contributed by atoms with Gasteiger partial charge < -0.3 is 9.47 Å². The summed E-state index contributed by atoms with van der Waals surface area (Å²) < 4.78 is 70.9. The zero-order valence-electron chi connectivity index (χ0n) is 19.5. The standard InChI is InChI=1S/C24H32O8S2/c1-19-7-11-21(12-8-19)33(25,26)31-17-15-29-23-5-3-4-6-24(23)30-16-18-32-34(27,28)22-13-9-20(2)10-14-22/h7-14,23-24H,3-6,15-18H2,1-2H3/t23-,24-/m1/s1. The van der Waals surface area contributed by atoms with Gasteiger partial charge in [0.2, 0.25) is 0 Å². The van der Waals surface area contributed by atoms with E-state index in [1.54, 1.807) is 24.3 Å². The van der Waals surface area contributed by atoms with Crippen LogP contribution in [0, 0.1) is 13.8 Å². The lowest BCUT2D eigenvalue weighted by Gasteiger charge is -2.31. The molecule has 1 fully saturated rings. The molecule has 0 unspecified atom stereocenters. The second-order valence-electron chi connectivity index (χ2n) is 8.28. The number of hydrogen-bond donors (Lipinski definition) is 0. The minimum absolute atomic E-state index is 0.0999. The Labute approximate surface area is 202 Å². The molecule has 0 radical (unpaired) electrons. The van der Waals surface area contributed by atoms with Crippen molar-refractivity contribution in [1.29, 1.82) is 0 Å². The van der Waals surface area contributed by atoms with Crippen LogP contribution >= 0.6 is 0 Å². The third-order valence-electron chi connectivity index (χ3n) is 5.57. The lowest BCUT2D eigenvalue weighted by molar-refractivity contribution is -0.0994. The molecule has 1 aliphatic rings. The van der Waals surface area contributed by atoms with Crippen molar-refractivity contribution < 1.29 is 34.7 Å². The van der Waals surface area contributed by atoms with E-state index >= 15 is 0 Å². The highest BCUT2D eigenvalue weighted by molar-refractivity contribution is 7.87. The molecule has 2 aromatic rings. The maximum absolute atomic E-state index is 12.3. The van der Waals surface area contributed by atoms with E-state index in [9.17, 15) is 16.8 Å². The smallest absolute Gasteiger partial charge is 0.297 e. The number of ether oxygens (including phenoxy) is 2. The lowest BCUT2D eigenvalue weighted by atomic mass is 9.94. The van der Waals surface area contributed by atoms with E-state index in [2.05, 4.69) is 0 Å². The van der Waals surface area contributed by atoms with Crippen molar-refractivity contribution in [2.24, 2.45) is 0 Å². The van der Waals surface area contributed by atoms with Crippen LogP contribution in [0.25, 0.3) is 0 Å². The van der Waals surface area contributed by atoms with Gasteiger partial charge in [0.05, 0.1) is 48.4 Å². The van der Waals surface area contributed by atoms with Crippen molar-refractivity contribution in [1.82, 2.24) is 0 Å². The second-order valence-corrected chi connectivity index (χ2v) is 11.5. The first-order valence-corrected chi connectivity index (χ1v) is 14.1. The van der Waals surface area contributed by atoms with Crippen molar-refractivity contribution in [2.45, 2.75) is 61.5 Å². The molecule has 8 nitrogen and oxygen atoms in total. The fourth-order valence-corrected chi connectivity index (χ4v) is 5.46. The van der Waals surface area contributed by atoms with Gasteiger partial charge >= 0.3 is 0 Å². The molecule has 0 aliphatic heterocycles. The molecule has 2 aromatic carbocycles. The fourth-order valence-electron chi connectivity index (χ4n) is 3.68. The maximum atomic E-state index is 12.3. The Hall–Kier alpha value is -1.82. The maximum Gasteiger partial charge on any atom is 0.297 e. The molecule has 3 rings (SSSR count). The van der Waals surface area contributed by atoms with E-state index in [0.717, 1.165) is 36.8 Å². The highest BCUT2D eigenvalue weighted by atomic mass is 32.2. The first-order valence-electron chi connectivity index (χ1n) is 11.3. The summed E-state index contributed by atoms with van der Waals surface area (Å²) in [5.41, 5.74) is 1.92. The fraction of sp³-hybridized carbons (Fsp3) is 0.500. The van der Waals surface area contributed by atoms with Crippen molar-refractivity contribution in [3.8, 4) is 0 Å². The van der Waals surface area contributed by atoms with Crippen molar-refractivity contribution in [2.75, 3.05) is 26.4 Å². The molecule has 2 atom stereocenters. The van der Waals surface area contributed by atoms with Gasteiger partial charge in [-0.1, -0.05) is 48.2 Å². The van der Waals surface area contributed by atoms with Gasteiger partial charge in [-0.2, -0.15) is 16.8 Å². The highest BCUT2D eigenvalue weighted by Gasteiger charge is 2.27. The third kappa shape index (κ3) is 7.86. The minimum atomic E-state index is -3.84. The highest BCUT2D eigenvalue weighted by Crippen LogP contribution is 2.24. The van der Waals surface area contributed by atoms with Crippen LogP contribution in [-0.4, -0.2) is 55.5 Å². The van der Waals surface area contributed by atoms with E-state index in [4.69, 9.17) is 17.8 Å². The normalized spacial score (nSPS) is 19.2. The van der Waals surface area contributed by atoms with Crippen LogP contribution in [0.4, 0.5) is 0 Å². The molecular weight excluding hydrogens is 480 g/mol. The minimum Gasteiger partial charge on any atom is -0.373 e. The van der Waals surface area contributed by atoms with Gasteiger partial charge in [0.1, 0.15) is 0 Å². The molecule has 10 heteroatoms. The average Bonchev–Trinajstić information content (AvgIpc) is 2.81. The molecule has 0 bridgehead atoms. The van der Waals surface area contributed by atoms with Gasteiger partial charge in [-0.25, -0.2) is 0 Å². The van der Waals surface area contributed by atoms with Gasteiger partial charge in [0.15, 0.2) is 0 Å². The molecule has 0 heterocycles. The van der Waals surface area contributed by atoms with E-state index in [0.29, 0.717) is 0 Å². The molecule has 0 aromatic heterocycles. The average molecular weight is 513 g/mol. The monoisotopic (exact) mass is 512 g/mol. The van der Waals surface area contributed by atoms with Crippen molar-refractivity contribution in [3.63, 3.8) is 0 Å². The van der Waals surface area contributed by atoms with Crippen LogP contribution in [0.1, 0.15) is 36.8 Å². The molecular formula is C24H32O8S2. The molecule has 34 heavy (non-hydrogen) atoms. The van der Waals surface area contributed by atoms with Gasteiger partial charge in [0.25, 0.3) is 20.2 Å². The second kappa shape index (κ2) is 12.2. The molecule has 1 saturated carbocycles. The number of rotatable bonds is 12. The molecule has 188 valence electrons. The predicted molar refractivity (Wildman–Crippen MR) is 127 cm³/mol. The van der Waals surface area contributed by atoms with Crippen LogP contribution in [0.15, 0.2) is 58.3 Å². The Morgan fingerprint density at radius 3 is 1.32 bits per heavy atom. The Morgan fingerprint density at radius 2 is 0.971 bits per heavy atom. The van der Waals surface area contributed by atoms with Crippen molar-refractivity contribution in [3.05, 3.63) is 59.7 Å². The number of hydrogen-bond acceptors (Lipinski definition) is 8. The summed E-state index contributed by atoms with van der Waals surface area (Å²) in [5, 5.41) is 0. The summed E-state index contributed by atoms with van der Waals surface area (Å²) in [5.74, 6) is 0. The van der Waals surface area contributed by atoms with Crippen LogP contribution < -0.4 is 0 Å². The van der Waals surface area contributed by atoms with E-state index in [1.807, 2.05) is 13.8 Å². The summed E-state index contributed by atoms with van der Waals surface area (Å²) in [6, 6.07) is 12.9. The van der Waals surface area contributed by atoms with E-state index in [-0.39, 0.29) is 48.4 Å². The summed E-state index contributed by atoms with van der Waals surface area (Å²) in [4.78, 5) is 0.218. The topological polar surface area (TPSA) is 105 Å². The van der Waals surface area contributed by atoms with Crippen molar-refractivity contribution >= 4 is 20.2 Å². The summed E-state index contributed by atoms with van der Waals surface area (Å²) >= 11 is 0. The molecule has 0 spiro atoms. The van der Waals surface area contributed by atoms with Gasteiger partial charge in [-0.3, -0.25) is 8.37 Å². The molecule has 1 aliphatic carbocycles. The number of benzene rings is 2. The largest absolute Gasteiger partial charge is 0.373 e. The SMILES string of the molecule is Cc1ccc(S(=O)(=O)OCCO[C@@H]2CCCC[C@H]2OCCOS(=O)(=O)c2ccc(C)cc2)cc1. The van der Waals surface area contributed by atoms with Crippen LogP contribution in [0.3, 0.4) is 0 Å². The lowest BCUT2D eigenvalue weighted by Crippen LogP contribution is -2.36. The van der Waals surface area contributed by atoms with E-state index in [1.165, 1.54) is 24.3 Å². The summed E-state index contributed by atoms with van der Waals surface area (Å²) in [6.07, 6.45) is 3.08. The zero-order chi connectivity index (χ0) is 24.6. The first kappa shape index (κ1) is 26.8. The Morgan fingerprint density at radius 1 is 0.618 bits per heavy atom. The van der Waals surface area contributed by atoms with Gasteiger partial charge in [0, 0.05) is 0 Å². The van der Waals surface area contributed by atoms with Crippen LogP contribution in [-0.2, 0) is 38.1 Å². The summed E-state index contributed by atoms with van der Waals surface area (Å²) in [6.45, 7) is 3.77. The van der Waals surface area contributed by atoms with Gasteiger partial charge in [-0.05, 0) is 51.0 Å². The van der Waals surface area contributed by atoms with Crippen LogP contribution in [0.5, 0.6) is 0 Å². The van der Waals surface area contributed by atoms with Gasteiger partial charge in [-0.15, -0.1) is 0 Å². The molecule has 0 amide bonds. The summed E-state index contributed by atoms with van der Waals surface area (Å²) in [7, 11) is -7.67. The predicted octanol–water partition coefficient (Wildman–Crippen LogP) is 3.76. The third-order valence-corrected chi connectivity index (χ3v) is 8.22. The Bertz CT molecular complexity index is 1020.